The summed E-state index contributed by atoms with van der Waals surface area (Å²) in [5.41, 5.74) is 7.19. The number of aryl methyl sites for hydroxylation is 1. The molecule has 0 radical (unpaired) electrons. The van der Waals surface area contributed by atoms with Crippen molar-refractivity contribution in [3.8, 4) is 17.1 Å². The maximum atomic E-state index is 11.9. The van der Waals surface area contributed by atoms with Gasteiger partial charge in [0.1, 0.15) is 23.7 Å². The van der Waals surface area contributed by atoms with E-state index in [1.54, 1.807) is 0 Å². The van der Waals surface area contributed by atoms with Crippen molar-refractivity contribution < 1.29 is 13.6 Å². The second kappa shape index (κ2) is 9.10. The van der Waals surface area contributed by atoms with E-state index in [1.165, 1.54) is 12.3 Å². The van der Waals surface area contributed by atoms with Crippen molar-refractivity contribution in [2.75, 3.05) is 45.2 Å². The highest BCUT2D eigenvalue weighted by molar-refractivity contribution is 5.60. The van der Waals surface area contributed by atoms with Gasteiger partial charge in [-0.3, -0.25) is 19.4 Å². The lowest BCUT2D eigenvalue weighted by atomic mass is 10.0. The molecule has 1 aliphatic rings. The van der Waals surface area contributed by atoms with Gasteiger partial charge in [-0.2, -0.15) is 5.10 Å². The molecule has 0 spiro atoms. The van der Waals surface area contributed by atoms with Gasteiger partial charge in [0, 0.05) is 55.0 Å². The summed E-state index contributed by atoms with van der Waals surface area (Å²) < 4.78 is 35.5. The summed E-state index contributed by atoms with van der Waals surface area (Å²) in [6.45, 7) is 2.06. The Hall–Kier alpha value is -3.17. The number of morpholine rings is 1. The molecular formula is C21H26N6O3. The summed E-state index contributed by atoms with van der Waals surface area (Å²) in [7, 11) is 0. The maximum absolute atomic E-state index is 11.9. The standard InChI is InChI=1S/C21H26N6O3/c1-26-14-16(20(25-26)17-13-19(28)24-21(22)23-17)12-15-4-2-3-5-18(15)30-11-8-27-6-9-29-10-7-27/h2-5,13-14H,6-12H2,1H3,(H3,22,23,24,28)/i1D3. The molecule has 1 saturated heterocycles. The topological polar surface area (TPSA) is 111 Å². The lowest BCUT2D eigenvalue weighted by Crippen LogP contribution is -2.38. The number of benzene rings is 1. The first-order chi connectivity index (χ1) is 15.8. The molecule has 9 heteroatoms. The summed E-state index contributed by atoms with van der Waals surface area (Å²) in [6, 6.07) is 8.82. The Balaban J connectivity index is 1.59. The number of H-pyrrole nitrogens is 1. The van der Waals surface area contributed by atoms with Gasteiger partial charge in [0.2, 0.25) is 5.95 Å². The third-order valence-corrected chi connectivity index (χ3v) is 4.91. The number of nitrogens with two attached hydrogens (primary N) is 1. The van der Waals surface area contributed by atoms with Crippen LogP contribution in [-0.4, -0.2) is 64.1 Å². The van der Waals surface area contributed by atoms with E-state index >= 15 is 0 Å². The lowest BCUT2D eigenvalue weighted by molar-refractivity contribution is 0.0322. The first kappa shape index (κ1) is 16.6. The van der Waals surface area contributed by atoms with Gasteiger partial charge in [0.15, 0.2) is 0 Å². The van der Waals surface area contributed by atoms with Gasteiger partial charge in [-0.25, -0.2) is 4.98 Å². The van der Waals surface area contributed by atoms with E-state index in [2.05, 4.69) is 20.0 Å². The van der Waals surface area contributed by atoms with Crippen LogP contribution in [-0.2, 0) is 18.1 Å². The zero-order valence-electron chi connectivity index (χ0n) is 19.5. The summed E-state index contributed by atoms with van der Waals surface area (Å²) >= 11 is 0. The fraction of sp³-hybridized carbons (Fsp3) is 0.381. The number of anilines is 1. The molecule has 158 valence electrons. The molecule has 3 aromatic rings. The largest absolute Gasteiger partial charge is 0.492 e. The Morgan fingerprint density at radius 1 is 1.30 bits per heavy atom. The van der Waals surface area contributed by atoms with Crippen molar-refractivity contribution >= 4 is 5.95 Å². The van der Waals surface area contributed by atoms with Crippen LogP contribution in [0.3, 0.4) is 0 Å². The number of ether oxygens (including phenoxy) is 2. The number of nitrogen functional groups attached to an aromatic ring is 1. The van der Waals surface area contributed by atoms with Gasteiger partial charge in [0.05, 0.1) is 13.2 Å². The monoisotopic (exact) mass is 413 g/mol. The average molecular weight is 413 g/mol. The Labute approximate surface area is 178 Å². The van der Waals surface area contributed by atoms with E-state index < -0.39 is 12.5 Å². The van der Waals surface area contributed by atoms with Crippen LogP contribution in [0, 0.1) is 0 Å². The fourth-order valence-electron chi connectivity index (χ4n) is 3.46. The molecule has 1 aromatic carbocycles. The predicted molar refractivity (Wildman–Crippen MR) is 113 cm³/mol. The molecule has 3 N–H and O–H groups in total. The van der Waals surface area contributed by atoms with Gasteiger partial charge < -0.3 is 15.2 Å². The first-order valence-corrected chi connectivity index (χ1v) is 9.76. The number of hydrogen-bond acceptors (Lipinski definition) is 7. The van der Waals surface area contributed by atoms with E-state index in [9.17, 15) is 4.79 Å². The second-order valence-corrected chi connectivity index (χ2v) is 7.05. The molecule has 2 aromatic heterocycles. The normalized spacial score (nSPS) is 16.6. The minimum absolute atomic E-state index is 0.0706. The van der Waals surface area contributed by atoms with Crippen molar-refractivity contribution in [1.82, 2.24) is 24.6 Å². The molecule has 0 unspecified atom stereocenters. The highest BCUT2D eigenvalue weighted by Gasteiger charge is 2.16. The number of nitrogens with zero attached hydrogens (tertiary/aromatic N) is 4. The molecule has 0 saturated carbocycles. The smallest absolute Gasteiger partial charge is 0.252 e. The van der Waals surface area contributed by atoms with Gasteiger partial charge in [0.25, 0.3) is 5.56 Å². The molecule has 4 rings (SSSR count). The molecule has 0 atom stereocenters. The summed E-state index contributed by atoms with van der Waals surface area (Å²) in [4.78, 5) is 20.7. The van der Waals surface area contributed by atoms with Crippen molar-refractivity contribution in [2.45, 2.75) is 6.42 Å². The minimum atomic E-state index is -2.48. The van der Waals surface area contributed by atoms with Crippen LogP contribution < -0.4 is 16.0 Å². The molecule has 1 fully saturated rings. The molecule has 9 nitrogen and oxygen atoms in total. The van der Waals surface area contributed by atoms with Gasteiger partial charge in [-0.1, -0.05) is 18.2 Å². The average Bonchev–Trinajstić information content (AvgIpc) is 3.19. The number of hydrogen-bond donors (Lipinski definition) is 2. The highest BCUT2D eigenvalue weighted by atomic mass is 16.5. The maximum Gasteiger partial charge on any atom is 0.252 e. The zero-order chi connectivity index (χ0) is 23.4. The molecule has 1 aliphatic heterocycles. The van der Waals surface area contributed by atoms with Gasteiger partial charge in [-0.15, -0.1) is 0 Å². The molecule has 3 heterocycles. The third kappa shape index (κ3) is 4.87. The summed E-state index contributed by atoms with van der Waals surface area (Å²) in [5.74, 6) is 0.635. The predicted octanol–water partition coefficient (Wildman–Crippen LogP) is 1.05. The van der Waals surface area contributed by atoms with Gasteiger partial charge >= 0.3 is 0 Å². The minimum Gasteiger partial charge on any atom is -0.492 e. The van der Waals surface area contributed by atoms with Gasteiger partial charge in [-0.05, 0) is 11.6 Å². The molecule has 30 heavy (non-hydrogen) atoms. The SMILES string of the molecule is [2H]C([2H])([2H])n1cc(Cc2ccccc2OCCN2CCOCC2)c(-c2cc(=O)[nH]c(N)n2)n1. The van der Waals surface area contributed by atoms with Crippen LogP contribution in [0.1, 0.15) is 15.2 Å². The Morgan fingerprint density at radius 3 is 2.93 bits per heavy atom. The Morgan fingerprint density at radius 2 is 2.13 bits per heavy atom. The summed E-state index contributed by atoms with van der Waals surface area (Å²) in [5, 5.41) is 4.21. The quantitative estimate of drug-likeness (QED) is 0.596. The molecule has 0 amide bonds. The molecule has 0 bridgehead atoms. The van der Waals surface area contributed by atoms with Crippen molar-refractivity contribution in [3.63, 3.8) is 0 Å². The third-order valence-electron chi connectivity index (χ3n) is 4.91. The highest BCUT2D eigenvalue weighted by Crippen LogP contribution is 2.26. The Bertz CT molecular complexity index is 1150. The van der Waals surface area contributed by atoms with Crippen LogP contribution in [0.15, 0.2) is 41.3 Å². The number of aromatic nitrogens is 4. The van der Waals surface area contributed by atoms with Crippen molar-refractivity contribution in [1.29, 1.82) is 0 Å². The molecule has 0 aliphatic carbocycles. The molecular weight excluding hydrogens is 384 g/mol. The van der Waals surface area contributed by atoms with Crippen LogP contribution in [0.4, 0.5) is 5.95 Å². The van der Waals surface area contributed by atoms with E-state index in [0.29, 0.717) is 24.3 Å². The van der Waals surface area contributed by atoms with Crippen LogP contribution in [0.5, 0.6) is 5.75 Å². The lowest BCUT2D eigenvalue weighted by Gasteiger charge is -2.26. The van der Waals surface area contributed by atoms with Crippen LogP contribution in [0.2, 0.25) is 0 Å². The van der Waals surface area contributed by atoms with Crippen LogP contribution in [0.25, 0.3) is 11.4 Å². The fourth-order valence-corrected chi connectivity index (χ4v) is 3.46. The first-order valence-electron chi connectivity index (χ1n) is 11.3. The van der Waals surface area contributed by atoms with Crippen molar-refractivity contribution in [2.24, 2.45) is 6.98 Å². The van der Waals surface area contributed by atoms with E-state index in [4.69, 9.17) is 19.3 Å². The number of nitrogens with one attached hydrogen (secondary N) is 1. The second-order valence-electron chi connectivity index (χ2n) is 7.05. The number of para-hydroxylation sites is 1. The summed E-state index contributed by atoms with van der Waals surface area (Å²) in [6.07, 6.45) is 1.79. The van der Waals surface area contributed by atoms with E-state index in [1.807, 2.05) is 24.3 Å². The van der Waals surface area contributed by atoms with Crippen molar-refractivity contribution in [3.05, 3.63) is 58.0 Å². The van der Waals surface area contributed by atoms with E-state index in [-0.39, 0.29) is 17.3 Å². The Kier molecular flexibility index (Phi) is 5.04. The van der Waals surface area contributed by atoms with E-state index in [0.717, 1.165) is 43.1 Å². The zero-order valence-corrected chi connectivity index (χ0v) is 16.5. The number of aromatic amines is 1. The number of rotatable bonds is 7. The van der Waals surface area contributed by atoms with Crippen LogP contribution >= 0.6 is 0 Å².